The molecule has 0 aromatic carbocycles. The van der Waals surface area contributed by atoms with Crippen molar-refractivity contribution in [2.45, 2.75) is 200 Å². The Balaban J connectivity index is 4.19. The van der Waals surface area contributed by atoms with E-state index < -0.39 is 13.9 Å². The van der Waals surface area contributed by atoms with Gasteiger partial charge in [-0.05, 0) is 57.8 Å². The maximum Gasteiger partial charge on any atom is 0.472 e. The predicted molar refractivity (Wildman–Crippen MR) is 252 cm³/mol. The molecule has 0 amide bonds. The van der Waals surface area contributed by atoms with Crippen LogP contribution in [0, 0.1) is 0 Å². The lowest BCUT2D eigenvalue weighted by Crippen LogP contribution is -2.37. The lowest BCUT2D eigenvalue weighted by atomic mass is 10.0. The Morgan fingerprint density at radius 3 is 1.47 bits per heavy atom. The molecule has 0 fully saturated rings. The van der Waals surface area contributed by atoms with Gasteiger partial charge in [-0.1, -0.05) is 190 Å². The standard InChI is InChI=1S/C50H92NO7P/c1-6-8-10-12-14-16-18-20-22-23-24-25-26-27-28-29-30-31-33-35-37-39-41-43-50(52)58-49(48-57-59(53,54)56-46-44-51(3,4)5)47-55-45-42-40-38-36-34-32-21-19-17-15-13-11-9-7-2/h8,10,14,16,20,22,24-25,27-28,49H,6-7,9,11-13,15,17-19,21,23,26,29-48H2,1-5H3/p+1/b10-8-,16-14-,22-20-,25-24-,28-27-. The third-order valence-electron chi connectivity index (χ3n) is 10.1. The van der Waals surface area contributed by atoms with Gasteiger partial charge in [-0.25, -0.2) is 4.57 Å². The number of likely N-dealkylation sites (N-methyl/N-ethyl adjacent to an activating group) is 1. The molecule has 0 aliphatic rings. The highest BCUT2D eigenvalue weighted by Crippen LogP contribution is 2.43. The maximum atomic E-state index is 12.7. The first kappa shape index (κ1) is 57.2. The number of quaternary nitrogens is 1. The molecule has 0 saturated heterocycles. The van der Waals surface area contributed by atoms with E-state index in [1.54, 1.807) is 0 Å². The van der Waals surface area contributed by atoms with Crippen LogP contribution in [0.3, 0.4) is 0 Å². The second-order valence-electron chi connectivity index (χ2n) is 17.1. The second-order valence-corrected chi connectivity index (χ2v) is 18.6. The Kier molecular flexibility index (Phi) is 41.6. The van der Waals surface area contributed by atoms with Crippen LogP contribution < -0.4 is 0 Å². The molecule has 0 aromatic heterocycles. The summed E-state index contributed by atoms with van der Waals surface area (Å²) in [7, 11) is 1.66. The van der Waals surface area contributed by atoms with Gasteiger partial charge in [0.05, 0.1) is 34.4 Å². The van der Waals surface area contributed by atoms with Crippen LogP contribution in [-0.4, -0.2) is 75.6 Å². The monoisotopic (exact) mass is 851 g/mol. The minimum Gasteiger partial charge on any atom is -0.457 e. The van der Waals surface area contributed by atoms with E-state index in [-0.39, 0.29) is 25.8 Å². The molecule has 0 aliphatic heterocycles. The number of ether oxygens (including phenoxy) is 2. The number of hydrogen-bond donors (Lipinski definition) is 1. The molecule has 344 valence electrons. The Bertz CT molecular complexity index is 1130. The van der Waals surface area contributed by atoms with Crippen LogP contribution in [0.15, 0.2) is 60.8 Å². The van der Waals surface area contributed by atoms with Gasteiger partial charge in [0.25, 0.3) is 0 Å². The molecule has 59 heavy (non-hydrogen) atoms. The third kappa shape index (κ3) is 47.1. The van der Waals surface area contributed by atoms with Crippen molar-refractivity contribution in [3.8, 4) is 0 Å². The highest BCUT2D eigenvalue weighted by Gasteiger charge is 2.26. The summed E-state index contributed by atoms with van der Waals surface area (Å²) < 4.78 is 35.1. The van der Waals surface area contributed by atoms with E-state index in [2.05, 4.69) is 74.6 Å². The highest BCUT2D eigenvalue weighted by atomic mass is 31.2. The third-order valence-corrected chi connectivity index (χ3v) is 11.1. The number of carbonyl (C=O) groups is 1. The van der Waals surface area contributed by atoms with E-state index in [4.69, 9.17) is 18.5 Å². The van der Waals surface area contributed by atoms with E-state index in [1.807, 2.05) is 21.1 Å². The number of rotatable bonds is 44. The van der Waals surface area contributed by atoms with E-state index >= 15 is 0 Å². The summed E-state index contributed by atoms with van der Waals surface area (Å²) in [6.07, 6.45) is 53.9. The summed E-state index contributed by atoms with van der Waals surface area (Å²) in [6, 6.07) is 0. The fourth-order valence-electron chi connectivity index (χ4n) is 6.40. The lowest BCUT2D eigenvalue weighted by molar-refractivity contribution is -0.870. The predicted octanol–water partition coefficient (Wildman–Crippen LogP) is 14.5. The van der Waals surface area contributed by atoms with E-state index in [1.165, 1.54) is 103 Å². The Morgan fingerprint density at radius 1 is 0.542 bits per heavy atom. The topological polar surface area (TPSA) is 91.3 Å². The molecule has 8 nitrogen and oxygen atoms in total. The van der Waals surface area contributed by atoms with Crippen LogP contribution in [0.5, 0.6) is 0 Å². The summed E-state index contributed by atoms with van der Waals surface area (Å²) in [5, 5.41) is 0. The fourth-order valence-corrected chi connectivity index (χ4v) is 7.14. The van der Waals surface area contributed by atoms with Crippen molar-refractivity contribution >= 4 is 13.8 Å². The van der Waals surface area contributed by atoms with Gasteiger partial charge in [0.15, 0.2) is 0 Å². The number of nitrogens with zero attached hydrogens (tertiary/aromatic N) is 1. The lowest BCUT2D eigenvalue weighted by Gasteiger charge is -2.24. The summed E-state index contributed by atoms with van der Waals surface area (Å²) in [5.41, 5.74) is 0. The van der Waals surface area contributed by atoms with Crippen molar-refractivity contribution < 1.29 is 37.3 Å². The molecule has 0 spiro atoms. The molecular formula is C50H93NO7P+. The van der Waals surface area contributed by atoms with E-state index in [0.717, 1.165) is 70.6 Å². The highest BCUT2D eigenvalue weighted by molar-refractivity contribution is 7.47. The number of hydrogen-bond acceptors (Lipinski definition) is 6. The Labute approximate surface area is 364 Å². The molecule has 0 bridgehead atoms. The first-order valence-electron chi connectivity index (χ1n) is 24.0. The number of carbonyl (C=O) groups excluding carboxylic acids is 1. The Hall–Kier alpha value is -1.80. The van der Waals surface area contributed by atoms with Crippen molar-refractivity contribution in [3.05, 3.63) is 60.8 Å². The summed E-state index contributed by atoms with van der Waals surface area (Å²) in [4.78, 5) is 23.0. The molecule has 2 unspecified atom stereocenters. The van der Waals surface area contributed by atoms with Crippen molar-refractivity contribution in [1.82, 2.24) is 0 Å². The van der Waals surface area contributed by atoms with Gasteiger partial charge in [-0.3, -0.25) is 13.8 Å². The largest absolute Gasteiger partial charge is 0.472 e. The maximum absolute atomic E-state index is 12.7. The van der Waals surface area contributed by atoms with Gasteiger partial charge >= 0.3 is 13.8 Å². The SMILES string of the molecule is CC/C=C\C/C=C\C/C=C\C/C=C\C/C=C\CCCCCCCCCC(=O)OC(COCCCCCCCCCCCCCCCC)COP(=O)(O)OCC[N+](C)(C)C. The zero-order valence-electron chi connectivity index (χ0n) is 39.0. The molecule has 0 aliphatic carbocycles. The van der Waals surface area contributed by atoms with Gasteiger partial charge in [-0.15, -0.1) is 0 Å². The molecule has 0 radical (unpaired) electrons. The average molecular weight is 851 g/mol. The van der Waals surface area contributed by atoms with Crippen molar-refractivity contribution in [2.24, 2.45) is 0 Å². The van der Waals surface area contributed by atoms with Gasteiger partial charge in [0, 0.05) is 13.0 Å². The van der Waals surface area contributed by atoms with E-state index in [9.17, 15) is 14.3 Å². The fraction of sp³-hybridized carbons (Fsp3) is 0.780. The van der Waals surface area contributed by atoms with Gasteiger partial charge in [-0.2, -0.15) is 0 Å². The minimum absolute atomic E-state index is 0.0850. The number of phosphoric acid groups is 1. The zero-order chi connectivity index (χ0) is 43.4. The molecule has 9 heteroatoms. The van der Waals surface area contributed by atoms with Crippen LogP contribution in [0.25, 0.3) is 0 Å². The van der Waals surface area contributed by atoms with Crippen LogP contribution >= 0.6 is 7.82 Å². The average Bonchev–Trinajstić information content (AvgIpc) is 3.19. The quantitative estimate of drug-likeness (QED) is 0.0215. The van der Waals surface area contributed by atoms with Crippen LogP contribution in [-0.2, 0) is 27.9 Å². The summed E-state index contributed by atoms with van der Waals surface area (Å²) >= 11 is 0. The number of phosphoric ester groups is 1. The van der Waals surface area contributed by atoms with Crippen LogP contribution in [0.1, 0.15) is 194 Å². The molecule has 0 rings (SSSR count). The van der Waals surface area contributed by atoms with Crippen molar-refractivity contribution in [3.63, 3.8) is 0 Å². The normalized spacial score (nSPS) is 14.2. The summed E-state index contributed by atoms with van der Waals surface area (Å²) in [6.45, 7) is 5.51. The molecule has 0 heterocycles. The molecule has 1 N–H and O–H groups in total. The van der Waals surface area contributed by atoms with E-state index in [0.29, 0.717) is 24.1 Å². The van der Waals surface area contributed by atoms with Gasteiger partial charge in [0.1, 0.15) is 19.3 Å². The minimum atomic E-state index is -4.28. The molecule has 0 aromatic rings. The number of allylic oxidation sites excluding steroid dienone is 10. The first-order chi connectivity index (χ1) is 28.6. The van der Waals surface area contributed by atoms with Crippen LogP contribution in [0.2, 0.25) is 0 Å². The van der Waals surface area contributed by atoms with Gasteiger partial charge in [0.2, 0.25) is 0 Å². The van der Waals surface area contributed by atoms with Gasteiger partial charge < -0.3 is 18.9 Å². The number of unbranched alkanes of at least 4 members (excludes halogenated alkanes) is 20. The van der Waals surface area contributed by atoms with Crippen molar-refractivity contribution in [2.75, 3.05) is 54.1 Å². The second kappa shape index (κ2) is 42.9. The van der Waals surface area contributed by atoms with Crippen molar-refractivity contribution in [1.29, 1.82) is 0 Å². The molecular weight excluding hydrogens is 758 g/mol. The first-order valence-corrected chi connectivity index (χ1v) is 25.5. The number of esters is 1. The van der Waals surface area contributed by atoms with Crippen LogP contribution in [0.4, 0.5) is 0 Å². The Morgan fingerprint density at radius 2 is 0.983 bits per heavy atom. The smallest absolute Gasteiger partial charge is 0.457 e. The molecule has 0 saturated carbocycles. The zero-order valence-corrected chi connectivity index (χ0v) is 39.9. The molecule has 2 atom stereocenters. The summed E-state index contributed by atoms with van der Waals surface area (Å²) in [5.74, 6) is -0.325.